The minimum absolute atomic E-state index is 0.311. The Morgan fingerprint density at radius 2 is 1.67 bits per heavy atom. The lowest BCUT2D eigenvalue weighted by Gasteiger charge is -2.10. The van der Waals surface area contributed by atoms with Gasteiger partial charge in [0.1, 0.15) is 12.4 Å². The van der Waals surface area contributed by atoms with Crippen molar-refractivity contribution in [2.45, 2.75) is 6.61 Å². The summed E-state index contributed by atoms with van der Waals surface area (Å²) >= 11 is 3.48. The number of amides is 1. The summed E-state index contributed by atoms with van der Waals surface area (Å²) in [5.41, 5.74) is 7.41. The van der Waals surface area contributed by atoms with Crippen LogP contribution >= 0.6 is 15.9 Å². The average Bonchev–Trinajstić information content (AvgIpc) is 2.92. The van der Waals surface area contributed by atoms with Gasteiger partial charge in [0, 0.05) is 21.0 Å². The molecule has 0 radical (unpaired) electrons. The van der Waals surface area contributed by atoms with Gasteiger partial charge in [-0.15, -0.1) is 0 Å². The molecule has 1 N–H and O–H groups in total. The van der Waals surface area contributed by atoms with Gasteiger partial charge in [-0.3, -0.25) is 4.79 Å². The van der Waals surface area contributed by atoms with Crippen LogP contribution < -0.4 is 10.2 Å². The predicted molar refractivity (Wildman–Crippen MR) is 147 cm³/mol. The lowest BCUT2D eigenvalue weighted by Crippen LogP contribution is -2.18. The number of nitrogens with zero attached hydrogens (tertiary/aromatic N) is 2. The number of hydrogen-bond donors (Lipinski definition) is 1. The Morgan fingerprint density at radius 1 is 0.889 bits per heavy atom. The van der Waals surface area contributed by atoms with Crippen LogP contribution in [0.2, 0.25) is 0 Å². The van der Waals surface area contributed by atoms with Crippen molar-refractivity contribution in [2.75, 3.05) is 0 Å². The van der Waals surface area contributed by atoms with Gasteiger partial charge >= 0.3 is 0 Å². The van der Waals surface area contributed by atoms with Gasteiger partial charge in [0.25, 0.3) is 5.91 Å². The fourth-order valence-corrected chi connectivity index (χ4v) is 4.29. The van der Waals surface area contributed by atoms with E-state index in [1.807, 2.05) is 103 Å². The van der Waals surface area contributed by atoms with Crippen LogP contribution in [0.15, 0.2) is 119 Å². The highest BCUT2D eigenvalue weighted by molar-refractivity contribution is 9.10. The third-order valence-electron chi connectivity index (χ3n) is 5.60. The highest BCUT2D eigenvalue weighted by Crippen LogP contribution is 2.25. The van der Waals surface area contributed by atoms with Crippen molar-refractivity contribution < 1.29 is 9.53 Å². The number of carbonyl (C=O) groups excluding carboxylic acids is 1. The Balaban J connectivity index is 1.36. The van der Waals surface area contributed by atoms with E-state index in [-0.39, 0.29) is 5.91 Å². The zero-order valence-corrected chi connectivity index (χ0v) is 20.9. The number of ether oxygens (including phenoxy) is 1. The summed E-state index contributed by atoms with van der Waals surface area (Å²) in [5.74, 6) is 0.366. The number of nitrogens with one attached hydrogen (secondary N) is 1. The molecule has 5 aromatic rings. The molecule has 4 aromatic carbocycles. The smallest absolute Gasteiger partial charge is 0.272 e. The molecule has 0 unspecified atom stereocenters. The normalized spacial score (nSPS) is 11.0. The predicted octanol–water partition coefficient (Wildman–Crippen LogP) is 7.01. The van der Waals surface area contributed by atoms with Crippen LogP contribution in [0.3, 0.4) is 0 Å². The van der Waals surface area contributed by atoms with E-state index in [2.05, 4.69) is 26.5 Å². The maximum absolute atomic E-state index is 13.2. The zero-order chi connectivity index (χ0) is 24.7. The molecule has 0 atom stereocenters. The third kappa shape index (κ3) is 5.50. The molecule has 5 nitrogen and oxygen atoms in total. The van der Waals surface area contributed by atoms with Crippen molar-refractivity contribution in [1.82, 2.24) is 10.4 Å². The minimum Gasteiger partial charge on any atom is -0.488 e. The number of benzene rings is 4. The molecule has 1 amide bonds. The lowest BCUT2D eigenvalue weighted by molar-refractivity contribution is 0.0956. The van der Waals surface area contributed by atoms with Gasteiger partial charge in [-0.1, -0.05) is 88.7 Å². The highest BCUT2D eigenvalue weighted by Gasteiger charge is 2.13. The maximum Gasteiger partial charge on any atom is 0.272 e. The van der Waals surface area contributed by atoms with Crippen molar-refractivity contribution in [3.8, 4) is 17.0 Å². The van der Waals surface area contributed by atoms with Crippen molar-refractivity contribution >= 4 is 39.0 Å². The minimum atomic E-state index is -0.311. The van der Waals surface area contributed by atoms with Gasteiger partial charge in [0.05, 0.1) is 23.0 Å². The topological polar surface area (TPSA) is 63.6 Å². The molecule has 0 saturated heterocycles. The van der Waals surface area contributed by atoms with Crippen LogP contribution in [0.1, 0.15) is 21.5 Å². The van der Waals surface area contributed by atoms with Crippen LogP contribution in [0.4, 0.5) is 0 Å². The molecule has 0 fully saturated rings. The number of pyridine rings is 1. The number of hydrogen-bond acceptors (Lipinski definition) is 4. The van der Waals surface area contributed by atoms with Crippen molar-refractivity contribution in [2.24, 2.45) is 5.10 Å². The van der Waals surface area contributed by atoms with Crippen molar-refractivity contribution in [3.05, 3.63) is 130 Å². The molecule has 176 valence electrons. The molecule has 0 saturated carbocycles. The maximum atomic E-state index is 13.2. The van der Waals surface area contributed by atoms with E-state index in [4.69, 9.17) is 9.72 Å². The summed E-state index contributed by atoms with van der Waals surface area (Å²) in [6.45, 7) is 0.419. The monoisotopic (exact) mass is 535 g/mol. The third-order valence-corrected chi connectivity index (χ3v) is 6.10. The molecule has 5 rings (SSSR count). The number of halogens is 1. The standard InChI is InChI=1S/C30H22BrN3O2/c31-24-13-8-9-21(17-24)20-36-29-16-7-4-12-23(29)19-32-34-30(35)26-18-28(22-10-2-1-3-11-22)33-27-15-6-5-14-25(26)27/h1-19H,20H2,(H,34,35)/b32-19-. The molecule has 0 aliphatic carbocycles. The second kappa shape index (κ2) is 11.0. The first-order chi connectivity index (χ1) is 17.7. The van der Waals surface area contributed by atoms with Crippen molar-refractivity contribution in [1.29, 1.82) is 0 Å². The number of rotatable bonds is 7. The van der Waals surface area contributed by atoms with E-state index in [1.54, 1.807) is 12.3 Å². The molecular formula is C30H22BrN3O2. The van der Waals surface area contributed by atoms with E-state index in [0.717, 1.165) is 37.8 Å². The Hall–Kier alpha value is -4.29. The first-order valence-corrected chi connectivity index (χ1v) is 12.2. The molecular weight excluding hydrogens is 514 g/mol. The second-order valence-electron chi connectivity index (χ2n) is 8.09. The van der Waals surface area contributed by atoms with Gasteiger partial charge in [-0.25, -0.2) is 10.4 Å². The Labute approximate surface area is 217 Å². The molecule has 36 heavy (non-hydrogen) atoms. The fraction of sp³-hybridized carbons (Fsp3) is 0.0333. The molecule has 0 spiro atoms. The largest absolute Gasteiger partial charge is 0.488 e. The summed E-state index contributed by atoms with van der Waals surface area (Å²) in [5, 5.41) is 4.99. The van der Waals surface area contributed by atoms with Crippen LogP contribution in [-0.4, -0.2) is 17.1 Å². The van der Waals surface area contributed by atoms with E-state index >= 15 is 0 Å². The number of fused-ring (bicyclic) bond motifs is 1. The Bertz CT molecular complexity index is 1550. The van der Waals surface area contributed by atoms with Gasteiger partial charge in [-0.05, 0) is 42.0 Å². The zero-order valence-electron chi connectivity index (χ0n) is 19.3. The summed E-state index contributed by atoms with van der Waals surface area (Å²) in [4.78, 5) is 17.9. The lowest BCUT2D eigenvalue weighted by atomic mass is 10.0. The van der Waals surface area contributed by atoms with Gasteiger partial charge in [0.2, 0.25) is 0 Å². The first-order valence-electron chi connectivity index (χ1n) is 11.4. The van der Waals surface area contributed by atoms with E-state index < -0.39 is 0 Å². The number of para-hydroxylation sites is 2. The van der Waals surface area contributed by atoms with Crippen molar-refractivity contribution in [3.63, 3.8) is 0 Å². The van der Waals surface area contributed by atoms with Crippen LogP contribution in [0.5, 0.6) is 5.75 Å². The summed E-state index contributed by atoms with van der Waals surface area (Å²) < 4.78 is 7.01. The van der Waals surface area contributed by atoms with Gasteiger partial charge in [0.15, 0.2) is 0 Å². The molecule has 1 heterocycles. The van der Waals surface area contributed by atoms with E-state index in [1.165, 1.54) is 0 Å². The Morgan fingerprint density at radius 3 is 2.53 bits per heavy atom. The van der Waals surface area contributed by atoms with Crippen LogP contribution in [0.25, 0.3) is 22.2 Å². The Kier molecular flexibility index (Phi) is 7.15. The number of aromatic nitrogens is 1. The summed E-state index contributed by atoms with van der Waals surface area (Å²) in [7, 11) is 0. The fourth-order valence-electron chi connectivity index (χ4n) is 3.85. The average molecular weight is 536 g/mol. The first kappa shape index (κ1) is 23.5. The number of hydrazone groups is 1. The van der Waals surface area contributed by atoms with Gasteiger partial charge in [-0.2, -0.15) is 5.10 Å². The summed E-state index contributed by atoms with van der Waals surface area (Å²) in [6.07, 6.45) is 1.59. The quantitative estimate of drug-likeness (QED) is 0.180. The molecule has 0 bridgehead atoms. The van der Waals surface area contributed by atoms with Crippen LogP contribution in [-0.2, 0) is 6.61 Å². The second-order valence-corrected chi connectivity index (χ2v) is 9.01. The summed E-state index contributed by atoms with van der Waals surface area (Å²) in [6, 6.07) is 34.7. The molecule has 1 aromatic heterocycles. The van der Waals surface area contributed by atoms with E-state index in [9.17, 15) is 4.79 Å². The SMILES string of the molecule is O=C(N/N=C\c1ccccc1OCc1cccc(Br)c1)c1cc(-c2ccccc2)nc2ccccc12. The molecule has 6 heteroatoms. The number of carbonyl (C=O) groups is 1. The van der Waals surface area contributed by atoms with Gasteiger partial charge < -0.3 is 4.74 Å². The molecule has 0 aliphatic heterocycles. The van der Waals surface area contributed by atoms with E-state index in [0.29, 0.717) is 17.9 Å². The highest BCUT2D eigenvalue weighted by atomic mass is 79.9. The van der Waals surface area contributed by atoms with Crippen LogP contribution in [0, 0.1) is 0 Å². The molecule has 0 aliphatic rings.